The number of nitrogens with zero attached hydrogens (tertiary/aromatic N) is 2. The molecule has 3 rings (SSSR count). The summed E-state index contributed by atoms with van der Waals surface area (Å²) in [5.41, 5.74) is 0.445. The minimum Gasteiger partial charge on any atom is -0.496 e. The molecular weight excluding hydrogens is 304 g/mol. The van der Waals surface area contributed by atoms with Crippen molar-refractivity contribution in [3.05, 3.63) is 28.8 Å². The van der Waals surface area contributed by atoms with Gasteiger partial charge >= 0.3 is 0 Å². The van der Waals surface area contributed by atoms with Crippen molar-refractivity contribution >= 4 is 17.5 Å². The maximum absolute atomic E-state index is 13.0. The molecule has 2 heterocycles. The van der Waals surface area contributed by atoms with E-state index in [1.807, 2.05) is 4.90 Å². The second kappa shape index (κ2) is 6.44. The standard InChI is InChI=1S/C16H21ClN2O3/c1-18-7-6-13-12(10-18)19(8-9-22-13)16(20)15-11(17)4-3-5-14(15)21-2/h3-5,12-13H,6-10H2,1-2H3/t12-,13-/m0/s1. The van der Waals surface area contributed by atoms with E-state index in [0.717, 1.165) is 19.5 Å². The van der Waals surface area contributed by atoms with Crippen LogP contribution >= 0.6 is 11.6 Å². The maximum atomic E-state index is 13.0. The van der Waals surface area contributed by atoms with E-state index < -0.39 is 0 Å². The second-order valence-electron chi connectivity index (χ2n) is 5.84. The summed E-state index contributed by atoms with van der Waals surface area (Å²) >= 11 is 6.26. The van der Waals surface area contributed by atoms with Gasteiger partial charge in [-0.15, -0.1) is 0 Å². The lowest BCUT2D eigenvalue weighted by molar-refractivity contribution is -0.0870. The summed E-state index contributed by atoms with van der Waals surface area (Å²) in [6.45, 7) is 2.98. The van der Waals surface area contributed by atoms with Crippen LogP contribution in [0.2, 0.25) is 5.02 Å². The van der Waals surface area contributed by atoms with Gasteiger partial charge < -0.3 is 19.3 Å². The predicted octanol–water partition coefficient (Wildman–Crippen LogP) is 1.89. The van der Waals surface area contributed by atoms with Gasteiger partial charge in [-0.2, -0.15) is 0 Å². The summed E-state index contributed by atoms with van der Waals surface area (Å²) in [5, 5.41) is 0.427. The van der Waals surface area contributed by atoms with E-state index in [1.165, 1.54) is 0 Å². The van der Waals surface area contributed by atoms with Gasteiger partial charge in [0.2, 0.25) is 0 Å². The number of rotatable bonds is 2. The lowest BCUT2D eigenvalue weighted by Crippen LogP contribution is -2.60. The molecule has 0 N–H and O–H groups in total. The number of methoxy groups -OCH3 is 1. The molecule has 2 atom stereocenters. The molecule has 2 saturated heterocycles. The van der Waals surface area contributed by atoms with Gasteiger partial charge in [0.05, 0.1) is 30.9 Å². The van der Waals surface area contributed by atoms with Crippen LogP contribution in [0.15, 0.2) is 18.2 Å². The van der Waals surface area contributed by atoms with Crippen molar-refractivity contribution in [1.29, 1.82) is 0 Å². The molecule has 0 unspecified atom stereocenters. The fourth-order valence-corrected chi connectivity index (χ4v) is 3.55. The zero-order valence-electron chi connectivity index (χ0n) is 12.9. The number of likely N-dealkylation sites (N-methyl/N-ethyl adjacent to an activating group) is 1. The van der Waals surface area contributed by atoms with Gasteiger partial charge in [0, 0.05) is 19.6 Å². The summed E-state index contributed by atoms with van der Waals surface area (Å²) < 4.78 is 11.2. The SMILES string of the molecule is COc1cccc(Cl)c1C(=O)N1CCO[C@H]2CCN(C)C[C@@H]21. The number of carbonyl (C=O) groups excluding carboxylic acids is 1. The molecule has 2 aliphatic rings. The number of halogens is 1. The maximum Gasteiger partial charge on any atom is 0.259 e. The minimum atomic E-state index is -0.0731. The highest BCUT2D eigenvalue weighted by molar-refractivity contribution is 6.34. The number of hydrogen-bond donors (Lipinski definition) is 0. The largest absolute Gasteiger partial charge is 0.496 e. The zero-order chi connectivity index (χ0) is 15.7. The van der Waals surface area contributed by atoms with Crippen molar-refractivity contribution in [2.24, 2.45) is 0 Å². The van der Waals surface area contributed by atoms with Crippen LogP contribution in [-0.4, -0.2) is 68.3 Å². The van der Waals surface area contributed by atoms with E-state index in [1.54, 1.807) is 25.3 Å². The highest BCUT2D eigenvalue weighted by Crippen LogP contribution is 2.31. The Labute approximate surface area is 135 Å². The first kappa shape index (κ1) is 15.6. The normalized spacial score (nSPS) is 25.7. The van der Waals surface area contributed by atoms with E-state index >= 15 is 0 Å². The molecule has 0 aromatic heterocycles. The van der Waals surface area contributed by atoms with Crippen molar-refractivity contribution in [2.45, 2.75) is 18.6 Å². The minimum absolute atomic E-state index is 0.0704. The molecule has 2 aliphatic heterocycles. The van der Waals surface area contributed by atoms with Gasteiger partial charge in [-0.1, -0.05) is 17.7 Å². The Hall–Kier alpha value is -1.30. The number of amides is 1. The Morgan fingerprint density at radius 3 is 3.00 bits per heavy atom. The summed E-state index contributed by atoms with van der Waals surface area (Å²) in [7, 11) is 3.63. The highest BCUT2D eigenvalue weighted by Gasteiger charge is 2.39. The first-order chi connectivity index (χ1) is 10.6. The van der Waals surface area contributed by atoms with Gasteiger partial charge in [-0.3, -0.25) is 4.79 Å². The van der Waals surface area contributed by atoms with Crippen molar-refractivity contribution in [2.75, 3.05) is 40.4 Å². The number of carbonyl (C=O) groups is 1. The molecule has 2 fully saturated rings. The third kappa shape index (κ3) is 2.81. The molecule has 0 bridgehead atoms. The number of fused-ring (bicyclic) bond motifs is 1. The molecule has 0 aliphatic carbocycles. The van der Waals surface area contributed by atoms with Crippen LogP contribution in [0.25, 0.3) is 0 Å². The van der Waals surface area contributed by atoms with Gasteiger partial charge in [-0.05, 0) is 25.6 Å². The molecule has 1 aromatic rings. The molecule has 22 heavy (non-hydrogen) atoms. The van der Waals surface area contributed by atoms with Crippen LogP contribution in [-0.2, 0) is 4.74 Å². The summed E-state index contributed by atoms with van der Waals surface area (Å²) in [6.07, 6.45) is 1.06. The Balaban J connectivity index is 1.91. The van der Waals surface area contributed by atoms with Gasteiger partial charge in [0.1, 0.15) is 11.3 Å². The Morgan fingerprint density at radius 1 is 1.41 bits per heavy atom. The van der Waals surface area contributed by atoms with Crippen LogP contribution in [0.3, 0.4) is 0 Å². The van der Waals surface area contributed by atoms with Crippen LogP contribution in [0, 0.1) is 0 Å². The second-order valence-corrected chi connectivity index (χ2v) is 6.25. The fourth-order valence-electron chi connectivity index (χ4n) is 3.31. The summed E-state index contributed by atoms with van der Waals surface area (Å²) in [4.78, 5) is 17.2. The van der Waals surface area contributed by atoms with E-state index in [9.17, 15) is 4.79 Å². The smallest absolute Gasteiger partial charge is 0.259 e. The van der Waals surface area contributed by atoms with Crippen LogP contribution < -0.4 is 4.74 Å². The number of hydrogen-bond acceptors (Lipinski definition) is 4. The number of morpholine rings is 1. The third-order valence-corrected chi connectivity index (χ3v) is 4.77. The van der Waals surface area contributed by atoms with Crippen molar-refractivity contribution in [3.8, 4) is 5.75 Å². The average Bonchev–Trinajstić information content (AvgIpc) is 2.53. The van der Waals surface area contributed by atoms with Crippen LogP contribution in [0.4, 0.5) is 0 Å². The van der Waals surface area contributed by atoms with E-state index in [4.69, 9.17) is 21.1 Å². The molecule has 1 aromatic carbocycles. The van der Waals surface area contributed by atoms with Gasteiger partial charge in [-0.25, -0.2) is 0 Å². The Morgan fingerprint density at radius 2 is 2.23 bits per heavy atom. The van der Waals surface area contributed by atoms with Crippen molar-refractivity contribution < 1.29 is 14.3 Å². The quantitative estimate of drug-likeness (QED) is 0.833. The zero-order valence-corrected chi connectivity index (χ0v) is 13.7. The predicted molar refractivity (Wildman–Crippen MR) is 84.7 cm³/mol. The van der Waals surface area contributed by atoms with Gasteiger partial charge in [0.25, 0.3) is 5.91 Å². The fraction of sp³-hybridized carbons (Fsp3) is 0.562. The van der Waals surface area contributed by atoms with Crippen LogP contribution in [0.1, 0.15) is 16.8 Å². The Kier molecular flexibility index (Phi) is 4.57. The van der Waals surface area contributed by atoms with E-state index in [0.29, 0.717) is 29.5 Å². The summed E-state index contributed by atoms with van der Waals surface area (Å²) in [5.74, 6) is 0.445. The lowest BCUT2D eigenvalue weighted by Gasteiger charge is -2.46. The monoisotopic (exact) mass is 324 g/mol. The molecule has 0 radical (unpaired) electrons. The van der Waals surface area contributed by atoms with E-state index in [-0.39, 0.29) is 18.1 Å². The lowest BCUT2D eigenvalue weighted by atomic mass is 9.98. The molecular formula is C16H21ClN2O3. The topological polar surface area (TPSA) is 42.0 Å². The van der Waals surface area contributed by atoms with Crippen LogP contribution in [0.5, 0.6) is 5.75 Å². The highest BCUT2D eigenvalue weighted by atomic mass is 35.5. The number of piperidine rings is 1. The van der Waals surface area contributed by atoms with Crippen molar-refractivity contribution in [1.82, 2.24) is 9.80 Å². The Bertz CT molecular complexity index is 566. The molecule has 1 amide bonds. The molecule has 5 nitrogen and oxygen atoms in total. The first-order valence-corrected chi connectivity index (χ1v) is 7.93. The molecule has 0 spiro atoms. The molecule has 0 saturated carbocycles. The average molecular weight is 325 g/mol. The molecule has 120 valence electrons. The summed E-state index contributed by atoms with van der Waals surface area (Å²) in [6, 6.07) is 5.35. The molecule has 6 heteroatoms. The third-order valence-electron chi connectivity index (χ3n) is 4.46. The first-order valence-electron chi connectivity index (χ1n) is 7.55. The number of ether oxygens (including phenoxy) is 2. The van der Waals surface area contributed by atoms with Crippen molar-refractivity contribution in [3.63, 3.8) is 0 Å². The number of likely N-dealkylation sites (tertiary alicyclic amines) is 1. The van der Waals surface area contributed by atoms with Gasteiger partial charge in [0.15, 0.2) is 0 Å². The number of benzene rings is 1. The van der Waals surface area contributed by atoms with E-state index in [2.05, 4.69) is 11.9 Å².